The fourth-order valence-electron chi connectivity index (χ4n) is 2.40. The topological polar surface area (TPSA) is 75.4 Å². The van der Waals surface area contributed by atoms with Gasteiger partial charge in [-0.05, 0) is 18.9 Å². The van der Waals surface area contributed by atoms with Crippen LogP contribution in [0, 0.1) is 0 Å². The maximum absolute atomic E-state index is 12.3. The van der Waals surface area contributed by atoms with Gasteiger partial charge in [-0.15, -0.1) is 12.4 Å². The third kappa shape index (κ3) is 4.44. The molecule has 1 aromatic carbocycles. The first-order chi connectivity index (χ1) is 9.59. The second kappa shape index (κ2) is 8.00. The molecule has 1 aromatic rings. The minimum atomic E-state index is -0.523. The number of amides is 2. The van der Waals surface area contributed by atoms with Gasteiger partial charge in [0, 0.05) is 25.6 Å². The Labute approximate surface area is 131 Å². The van der Waals surface area contributed by atoms with Crippen molar-refractivity contribution >= 4 is 24.2 Å². The van der Waals surface area contributed by atoms with Gasteiger partial charge in [0.15, 0.2) is 0 Å². The molecule has 0 spiro atoms. The molecule has 1 fully saturated rings. The molecule has 116 valence electrons. The standard InChI is InChI=1S/C15H21N3O2.ClH/c1-11(16)7-8-13(19)18-10-9-17-15(20)14(18)12-5-3-2-4-6-12;/h2-6,11,14H,7-10,16H2,1H3,(H,17,20);1H. The summed E-state index contributed by atoms with van der Waals surface area (Å²) in [5, 5.41) is 2.82. The first-order valence-corrected chi connectivity index (χ1v) is 6.97. The van der Waals surface area contributed by atoms with Gasteiger partial charge in [-0.2, -0.15) is 0 Å². The normalized spacial score (nSPS) is 19.4. The lowest BCUT2D eigenvalue weighted by molar-refractivity contribution is -0.143. The highest BCUT2D eigenvalue weighted by molar-refractivity contribution is 5.89. The average molecular weight is 312 g/mol. The predicted molar refractivity (Wildman–Crippen MR) is 84.0 cm³/mol. The quantitative estimate of drug-likeness (QED) is 0.878. The zero-order valence-corrected chi connectivity index (χ0v) is 12.9. The summed E-state index contributed by atoms with van der Waals surface area (Å²) in [7, 11) is 0. The number of carbonyl (C=O) groups excluding carboxylic acids is 2. The van der Waals surface area contributed by atoms with E-state index >= 15 is 0 Å². The Morgan fingerprint density at radius 2 is 2.10 bits per heavy atom. The van der Waals surface area contributed by atoms with Gasteiger partial charge < -0.3 is 16.0 Å². The van der Waals surface area contributed by atoms with Crippen molar-refractivity contribution in [3.8, 4) is 0 Å². The van der Waals surface area contributed by atoms with E-state index in [1.165, 1.54) is 0 Å². The molecule has 5 nitrogen and oxygen atoms in total. The number of halogens is 1. The second-order valence-electron chi connectivity index (χ2n) is 5.21. The van der Waals surface area contributed by atoms with E-state index in [2.05, 4.69) is 5.32 Å². The Bertz CT molecular complexity index is 479. The Morgan fingerprint density at radius 1 is 1.43 bits per heavy atom. The van der Waals surface area contributed by atoms with E-state index in [4.69, 9.17) is 5.73 Å². The van der Waals surface area contributed by atoms with Crippen LogP contribution in [0.3, 0.4) is 0 Å². The number of piperazine rings is 1. The van der Waals surface area contributed by atoms with Crippen molar-refractivity contribution in [2.24, 2.45) is 5.73 Å². The van der Waals surface area contributed by atoms with Crippen LogP contribution in [-0.4, -0.2) is 35.8 Å². The van der Waals surface area contributed by atoms with E-state index < -0.39 is 6.04 Å². The van der Waals surface area contributed by atoms with Crippen molar-refractivity contribution in [3.05, 3.63) is 35.9 Å². The highest BCUT2D eigenvalue weighted by Gasteiger charge is 2.33. The minimum Gasteiger partial charge on any atom is -0.352 e. The summed E-state index contributed by atoms with van der Waals surface area (Å²) < 4.78 is 0. The van der Waals surface area contributed by atoms with Gasteiger partial charge in [-0.3, -0.25) is 9.59 Å². The molecule has 0 aliphatic carbocycles. The van der Waals surface area contributed by atoms with E-state index in [9.17, 15) is 9.59 Å². The molecule has 1 heterocycles. The van der Waals surface area contributed by atoms with Crippen molar-refractivity contribution in [1.82, 2.24) is 10.2 Å². The molecule has 0 saturated carbocycles. The summed E-state index contributed by atoms with van der Waals surface area (Å²) in [6.07, 6.45) is 1.02. The van der Waals surface area contributed by atoms with Gasteiger partial charge >= 0.3 is 0 Å². The predicted octanol–water partition coefficient (Wildman–Crippen LogP) is 1.24. The van der Waals surface area contributed by atoms with Gasteiger partial charge in [-0.1, -0.05) is 30.3 Å². The molecule has 0 aromatic heterocycles. The zero-order chi connectivity index (χ0) is 14.5. The number of rotatable bonds is 4. The number of carbonyl (C=O) groups is 2. The fourth-order valence-corrected chi connectivity index (χ4v) is 2.40. The van der Waals surface area contributed by atoms with E-state index in [0.717, 1.165) is 5.56 Å². The highest BCUT2D eigenvalue weighted by atomic mass is 35.5. The van der Waals surface area contributed by atoms with Crippen LogP contribution < -0.4 is 11.1 Å². The van der Waals surface area contributed by atoms with E-state index in [1.54, 1.807) is 4.90 Å². The van der Waals surface area contributed by atoms with Crippen LogP contribution in [0.5, 0.6) is 0 Å². The number of nitrogens with zero attached hydrogens (tertiary/aromatic N) is 1. The maximum atomic E-state index is 12.3. The molecule has 3 N–H and O–H groups in total. The smallest absolute Gasteiger partial charge is 0.247 e. The monoisotopic (exact) mass is 311 g/mol. The number of nitrogens with two attached hydrogens (primary N) is 1. The largest absolute Gasteiger partial charge is 0.352 e. The van der Waals surface area contributed by atoms with Crippen molar-refractivity contribution in [2.45, 2.75) is 31.8 Å². The molecule has 21 heavy (non-hydrogen) atoms. The Hall–Kier alpha value is -1.59. The van der Waals surface area contributed by atoms with Crippen molar-refractivity contribution < 1.29 is 9.59 Å². The van der Waals surface area contributed by atoms with E-state index in [0.29, 0.717) is 25.9 Å². The number of hydrogen-bond acceptors (Lipinski definition) is 3. The van der Waals surface area contributed by atoms with E-state index in [-0.39, 0.29) is 30.3 Å². The molecular weight excluding hydrogens is 290 g/mol. The van der Waals surface area contributed by atoms with Crippen LogP contribution in [0.25, 0.3) is 0 Å². The van der Waals surface area contributed by atoms with Crippen LogP contribution in [0.1, 0.15) is 31.4 Å². The summed E-state index contributed by atoms with van der Waals surface area (Å²) in [4.78, 5) is 26.1. The molecule has 0 radical (unpaired) electrons. The van der Waals surface area contributed by atoms with Gasteiger partial charge in [0.2, 0.25) is 11.8 Å². The Kier molecular flexibility index (Phi) is 6.65. The fraction of sp³-hybridized carbons (Fsp3) is 0.467. The zero-order valence-electron chi connectivity index (χ0n) is 12.1. The van der Waals surface area contributed by atoms with Crippen LogP contribution in [0.2, 0.25) is 0 Å². The lowest BCUT2D eigenvalue weighted by Crippen LogP contribution is -2.52. The molecule has 2 rings (SSSR count). The lowest BCUT2D eigenvalue weighted by atomic mass is 10.0. The number of nitrogens with one attached hydrogen (secondary N) is 1. The molecular formula is C15H22ClN3O2. The van der Waals surface area contributed by atoms with Crippen LogP contribution >= 0.6 is 12.4 Å². The van der Waals surface area contributed by atoms with Crippen LogP contribution in [0.15, 0.2) is 30.3 Å². The van der Waals surface area contributed by atoms with Crippen molar-refractivity contribution in [3.63, 3.8) is 0 Å². The van der Waals surface area contributed by atoms with Crippen LogP contribution in [0.4, 0.5) is 0 Å². The van der Waals surface area contributed by atoms with Crippen LogP contribution in [-0.2, 0) is 9.59 Å². The SMILES string of the molecule is CC(N)CCC(=O)N1CCNC(=O)C1c1ccccc1.Cl. The molecule has 1 aliphatic heterocycles. The Balaban J connectivity index is 0.00000220. The maximum Gasteiger partial charge on any atom is 0.247 e. The Morgan fingerprint density at radius 3 is 2.71 bits per heavy atom. The summed E-state index contributed by atoms with van der Waals surface area (Å²) in [6.45, 7) is 2.93. The molecule has 2 atom stereocenters. The average Bonchev–Trinajstić information content (AvgIpc) is 2.45. The minimum absolute atomic E-state index is 0. The molecule has 1 saturated heterocycles. The van der Waals surface area contributed by atoms with Gasteiger partial charge in [0.25, 0.3) is 0 Å². The second-order valence-corrected chi connectivity index (χ2v) is 5.21. The summed E-state index contributed by atoms with van der Waals surface area (Å²) >= 11 is 0. The summed E-state index contributed by atoms with van der Waals surface area (Å²) in [5.41, 5.74) is 6.54. The molecule has 2 unspecified atom stereocenters. The molecule has 2 amide bonds. The number of benzene rings is 1. The molecule has 0 bridgehead atoms. The van der Waals surface area contributed by atoms with Crippen molar-refractivity contribution in [1.29, 1.82) is 0 Å². The van der Waals surface area contributed by atoms with E-state index in [1.807, 2.05) is 37.3 Å². The highest BCUT2D eigenvalue weighted by Crippen LogP contribution is 2.24. The number of hydrogen-bond donors (Lipinski definition) is 2. The van der Waals surface area contributed by atoms with Gasteiger partial charge in [-0.25, -0.2) is 0 Å². The van der Waals surface area contributed by atoms with Gasteiger partial charge in [0.1, 0.15) is 6.04 Å². The van der Waals surface area contributed by atoms with Gasteiger partial charge in [0.05, 0.1) is 0 Å². The van der Waals surface area contributed by atoms with Crippen molar-refractivity contribution in [2.75, 3.05) is 13.1 Å². The third-order valence-corrected chi connectivity index (χ3v) is 3.46. The summed E-state index contributed by atoms with van der Waals surface area (Å²) in [5.74, 6) is -0.123. The molecule has 1 aliphatic rings. The third-order valence-electron chi connectivity index (χ3n) is 3.46. The lowest BCUT2D eigenvalue weighted by Gasteiger charge is -2.35. The first kappa shape index (κ1) is 17.5. The molecule has 6 heteroatoms. The summed E-state index contributed by atoms with van der Waals surface area (Å²) in [6, 6.07) is 8.87. The first-order valence-electron chi connectivity index (χ1n) is 6.97.